The molecule has 1 aliphatic heterocycles. The Hall–Kier alpha value is -3.89. The van der Waals surface area contributed by atoms with E-state index in [0.717, 1.165) is 11.8 Å². The highest BCUT2D eigenvalue weighted by molar-refractivity contribution is 7.88. The van der Waals surface area contributed by atoms with Crippen LogP contribution in [0, 0.1) is 10.1 Å². The summed E-state index contributed by atoms with van der Waals surface area (Å²) in [6.07, 6.45) is 1.09. The summed E-state index contributed by atoms with van der Waals surface area (Å²) in [6.45, 7) is 0.149. The number of nitro benzene ring substituents is 1. The summed E-state index contributed by atoms with van der Waals surface area (Å²) in [5.41, 5.74) is 3.37. The minimum absolute atomic E-state index is 0.106. The van der Waals surface area contributed by atoms with Crippen LogP contribution in [0.1, 0.15) is 22.6 Å². The highest BCUT2D eigenvalue weighted by atomic mass is 32.2. The maximum atomic E-state index is 12.9. The van der Waals surface area contributed by atoms with Gasteiger partial charge in [-0.15, -0.1) is 0 Å². The number of anilines is 1. The Bertz CT molecular complexity index is 1350. The number of carbonyl (C=O) groups is 1. The van der Waals surface area contributed by atoms with Crippen molar-refractivity contribution in [1.82, 2.24) is 4.72 Å². The molecule has 1 atom stereocenters. The van der Waals surface area contributed by atoms with Gasteiger partial charge in [0.15, 0.2) is 0 Å². The topological polar surface area (TPSA) is 131 Å². The van der Waals surface area contributed by atoms with Crippen molar-refractivity contribution in [2.45, 2.75) is 12.5 Å². The lowest BCUT2D eigenvalue weighted by molar-refractivity contribution is -0.384. The van der Waals surface area contributed by atoms with Gasteiger partial charge in [-0.2, -0.15) is 0 Å². The lowest BCUT2D eigenvalue weighted by atomic mass is 9.90. The molecular weight excluding hydrogens is 444 g/mol. The first-order chi connectivity index (χ1) is 15.7. The molecule has 9 nitrogen and oxygen atoms in total. The van der Waals surface area contributed by atoms with Gasteiger partial charge in [0.25, 0.3) is 5.69 Å². The highest BCUT2D eigenvalue weighted by Crippen LogP contribution is 2.38. The largest absolute Gasteiger partial charge is 0.325 e. The Morgan fingerprint density at radius 3 is 2.42 bits per heavy atom. The van der Waals surface area contributed by atoms with Crippen molar-refractivity contribution in [2.75, 3.05) is 11.6 Å². The SMILES string of the molecule is CS(=O)(=O)NCc1ccc(N=C(c2ccccc2)C2C(=O)Nc3ccc([N+](=O)[O-])cc32)cc1. The first kappa shape index (κ1) is 22.3. The molecular formula is C23H20N4O5S. The van der Waals surface area contributed by atoms with E-state index in [4.69, 9.17) is 4.99 Å². The quantitative estimate of drug-likeness (QED) is 0.314. The van der Waals surface area contributed by atoms with Crippen LogP contribution in [-0.2, 0) is 21.4 Å². The third-order valence-electron chi connectivity index (χ3n) is 5.14. The third-order valence-corrected chi connectivity index (χ3v) is 5.81. The number of aliphatic imine (C=N–C) groups is 1. The fourth-order valence-electron chi connectivity index (χ4n) is 3.58. The molecule has 0 radical (unpaired) electrons. The molecule has 1 heterocycles. The summed E-state index contributed by atoms with van der Waals surface area (Å²) < 4.78 is 25.0. The second kappa shape index (κ2) is 8.93. The fourth-order valence-corrected chi connectivity index (χ4v) is 4.01. The molecule has 1 amide bonds. The maximum absolute atomic E-state index is 12.9. The van der Waals surface area contributed by atoms with Gasteiger partial charge in [-0.3, -0.25) is 19.9 Å². The second-order valence-electron chi connectivity index (χ2n) is 7.57. The van der Waals surface area contributed by atoms with E-state index in [1.54, 1.807) is 24.3 Å². The third kappa shape index (κ3) is 5.13. The van der Waals surface area contributed by atoms with Crippen molar-refractivity contribution in [3.8, 4) is 0 Å². The van der Waals surface area contributed by atoms with Crippen LogP contribution in [0.2, 0.25) is 0 Å². The number of hydrogen-bond acceptors (Lipinski definition) is 6. The molecule has 0 bridgehead atoms. The van der Waals surface area contributed by atoms with E-state index >= 15 is 0 Å². The van der Waals surface area contributed by atoms with Crippen molar-refractivity contribution < 1.29 is 18.1 Å². The number of fused-ring (bicyclic) bond motifs is 1. The van der Waals surface area contributed by atoms with Crippen LogP contribution in [0.3, 0.4) is 0 Å². The minimum Gasteiger partial charge on any atom is -0.325 e. The van der Waals surface area contributed by atoms with Gasteiger partial charge >= 0.3 is 0 Å². The molecule has 3 aromatic carbocycles. The number of nitrogens with zero attached hydrogens (tertiary/aromatic N) is 2. The van der Waals surface area contributed by atoms with Crippen LogP contribution in [0.5, 0.6) is 0 Å². The van der Waals surface area contributed by atoms with Gasteiger partial charge in [-0.1, -0.05) is 42.5 Å². The summed E-state index contributed by atoms with van der Waals surface area (Å²) in [4.78, 5) is 28.5. The molecule has 10 heteroatoms. The summed E-state index contributed by atoms with van der Waals surface area (Å²) in [5, 5.41) is 14.1. The van der Waals surface area contributed by atoms with Crippen molar-refractivity contribution in [2.24, 2.45) is 4.99 Å². The van der Waals surface area contributed by atoms with Gasteiger partial charge in [0.2, 0.25) is 15.9 Å². The number of nitro groups is 1. The molecule has 0 fully saturated rings. The summed E-state index contributed by atoms with van der Waals surface area (Å²) in [7, 11) is -3.31. The Kier molecular flexibility index (Phi) is 6.03. The number of rotatable bonds is 7. The van der Waals surface area contributed by atoms with Crippen molar-refractivity contribution in [1.29, 1.82) is 0 Å². The van der Waals surface area contributed by atoms with Crippen LogP contribution >= 0.6 is 0 Å². The zero-order chi connectivity index (χ0) is 23.6. The predicted octanol–water partition coefficient (Wildman–Crippen LogP) is 3.50. The van der Waals surface area contributed by atoms with E-state index in [1.807, 2.05) is 30.3 Å². The molecule has 168 valence electrons. The minimum atomic E-state index is -3.31. The van der Waals surface area contributed by atoms with Gasteiger partial charge in [0.05, 0.1) is 22.6 Å². The fraction of sp³-hybridized carbons (Fsp3) is 0.130. The average Bonchev–Trinajstić information content (AvgIpc) is 3.11. The number of nitrogens with one attached hydrogen (secondary N) is 2. The molecule has 4 rings (SSSR count). The van der Waals surface area contributed by atoms with Crippen LogP contribution in [0.25, 0.3) is 0 Å². The standard InChI is InChI=1S/C23H20N4O5S/c1-33(31,32)24-14-15-7-9-17(10-8-15)25-22(16-5-3-2-4-6-16)21-19-13-18(27(29)30)11-12-20(19)26-23(21)28/h2-13,21,24H,14H2,1H3,(H,26,28). The zero-order valence-electron chi connectivity index (χ0n) is 17.6. The van der Waals surface area contributed by atoms with Gasteiger partial charge in [0, 0.05) is 29.9 Å². The number of carbonyl (C=O) groups excluding carboxylic acids is 1. The van der Waals surface area contributed by atoms with E-state index in [1.165, 1.54) is 18.2 Å². The van der Waals surface area contributed by atoms with E-state index < -0.39 is 20.9 Å². The predicted molar refractivity (Wildman–Crippen MR) is 125 cm³/mol. The van der Waals surface area contributed by atoms with Crippen molar-refractivity contribution in [3.05, 3.63) is 99.6 Å². The lowest BCUT2D eigenvalue weighted by Gasteiger charge is -2.14. The van der Waals surface area contributed by atoms with E-state index in [0.29, 0.717) is 28.2 Å². The molecule has 2 N–H and O–H groups in total. The average molecular weight is 465 g/mol. The van der Waals surface area contributed by atoms with Crippen molar-refractivity contribution in [3.63, 3.8) is 0 Å². The Morgan fingerprint density at radius 1 is 1.09 bits per heavy atom. The Morgan fingerprint density at radius 2 is 1.79 bits per heavy atom. The van der Waals surface area contributed by atoms with Gasteiger partial charge < -0.3 is 5.32 Å². The van der Waals surface area contributed by atoms with E-state index in [2.05, 4.69) is 10.0 Å². The number of amides is 1. The van der Waals surface area contributed by atoms with Crippen molar-refractivity contribution >= 4 is 38.7 Å². The number of benzene rings is 3. The molecule has 1 aliphatic rings. The summed E-state index contributed by atoms with van der Waals surface area (Å²) in [5.74, 6) is -1.14. The van der Waals surface area contributed by atoms with E-state index in [9.17, 15) is 23.3 Å². The smallest absolute Gasteiger partial charge is 0.269 e. The number of sulfonamides is 1. The van der Waals surface area contributed by atoms with Gasteiger partial charge in [-0.05, 0) is 29.3 Å². The monoisotopic (exact) mass is 464 g/mol. The molecule has 0 spiro atoms. The van der Waals surface area contributed by atoms with E-state index in [-0.39, 0.29) is 18.1 Å². The Labute approximate surface area is 190 Å². The highest BCUT2D eigenvalue weighted by Gasteiger charge is 2.36. The molecule has 3 aromatic rings. The maximum Gasteiger partial charge on any atom is 0.269 e. The normalized spacial score (nSPS) is 15.7. The molecule has 0 aromatic heterocycles. The van der Waals surface area contributed by atoms with Gasteiger partial charge in [0.1, 0.15) is 5.92 Å². The first-order valence-electron chi connectivity index (χ1n) is 9.98. The first-order valence-corrected chi connectivity index (χ1v) is 11.9. The second-order valence-corrected chi connectivity index (χ2v) is 9.41. The molecule has 1 unspecified atom stereocenters. The Balaban J connectivity index is 1.75. The summed E-state index contributed by atoms with van der Waals surface area (Å²) in [6, 6.07) is 20.4. The van der Waals surface area contributed by atoms with Gasteiger partial charge in [-0.25, -0.2) is 13.1 Å². The molecule has 0 saturated heterocycles. The number of hydrogen-bond donors (Lipinski definition) is 2. The van der Waals surface area contributed by atoms with Crippen LogP contribution in [-0.4, -0.2) is 31.2 Å². The summed E-state index contributed by atoms with van der Waals surface area (Å²) >= 11 is 0. The molecule has 0 saturated carbocycles. The molecule has 33 heavy (non-hydrogen) atoms. The van der Waals surface area contributed by atoms with Crippen LogP contribution < -0.4 is 10.0 Å². The van der Waals surface area contributed by atoms with Crippen LogP contribution in [0.4, 0.5) is 17.1 Å². The zero-order valence-corrected chi connectivity index (χ0v) is 18.4. The van der Waals surface area contributed by atoms with Crippen LogP contribution in [0.15, 0.2) is 77.8 Å². The molecule has 0 aliphatic carbocycles. The number of non-ortho nitro benzene ring substituents is 1. The lowest BCUT2D eigenvalue weighted by Crippen LogP contribution is -2.22.